The van der Waals surface area contributed by atoms with E-state index in [0.717, 1.165) is 116 Å². The Bertz CT molecular complexity index is 652. The summed E-state index contributed by atoms with van der Waals surface area (Å²) in [5.74, 6) is 0.0632. The number of carbonyl (C=O) groups is 3. The molecule has 0 aromatic carbocycles. The van der Waals surface area contributed by atoms with Crippen molar-refractivity contribution < 1.29 is 28.6 Å². The molecule has 264 valence electrons. The van der Waals surface area contributed by atoms with Crippen LogP contribution in [0.25, 0.3) is 0 Å². The molecule has 1 aliphatic carbocycles. The van der Waals surface area contributed by atoms with E-state index in [-0.39, 0.29) is 55.9 Å². The van der Waals surface area contributed by atoms with Gasteiger partial charge in [-0.15, -0.1) is 0 Å². The van der Waals surface area contributed by atoms with E-state index >= 15 is 0 Å². The summed E-state index contributed by atoms with van der Waals surface area (Å²) in [4.78, 5) is 45.2. The molecule has 9 nitrogen and oxygen atoms in total. The van der Waals surface area contributed by atoms with Crippen molar-refractivity contribution in [3.63, 3.8) is 0 Å². The second-order valence-electron chi connectivity index (χ2n) is 12.8. The summed E-state index contributed by atoms with van der Waals surface area (Å²) < 4.78 is 18.7. The van der Waals surface area contributed by atoms with Gasteiger partial charge in [-0.25, -0.2) is 0 Å². The van der Waals surface area contributed by atoms with Crippen molar-refractivity contribution >= 4 is 17.7 Å². The van der Waals surface area contributed by atoms with Gasteiger partial charge in [0.1, 0.15) is 19.8 Å². The summed E-state index contributed by atoms with van der Waals surface area (Å²) in [6, 6.07) is 0. The molecule has 0 aliphatic heterocycles. The Morgan fingerprint density at radius 3 is 0.800 bits per heavy atom. The van der Waals surface area contributed by atoms with Gasteiger partial charge in [-0.1, -0.05) is 80.1 Å². The van der Waals surface area contributed by atoms with E-state index in [1.54, 1.807) is 0 Å². The Kier molecular flexibility index (Phi) is 24.2. The Morgan fingerprint density at radius 2 is 0.622 bits per heavy atom. The summed E-state index contributed by atoms with van der Waals surface area (Å²) in [5.41, 5.74) is 0. The summed E-state index contributed by atoms with van der Waals surface area (Å²) in [6.07, 6.45) is 13.2. The van der Waals surface area contributed by atoms with Gasteiger partial charge in [-0.05, 0) is 57.8 Å². The molecule has 1 fully saturated rings. The number of hydrogen-bond donors (Lipinski definition) is 0. The lowest BCUT2D eigenvalue weighted by atomic mass is 9.92. The Labute approximate surface area is 276 Å². The number of nitrogens with zero attached hydrogens (tertiary/aromatic N) is 3. The van der Waals surface area contributed by atoms with Gasteiger partial charge in [0, 0.05) is 39.3 Å². The number of ether oxygens (including phenoxy) is 3. The zero-order valence-corrected chi connectivity index (χ0v) is 30.0. The minimum absolute atomic E-state index is 0.0211. The number of hydrogen-bond acceptors (Lipinski definition) is 6. The lowest BCUT2D eigenvalue weighted by Gasteiger charge is -2.35. The third kappa shape index (κ3) is 18.3. The topological polar surface area (TPSA) is 88.6 Å². The van der Waals surface area contributed by atoms with Gasteiger partial charge in [0.25, 0.3) is 0 Å². The Morgan fingerprint density at radius 1 is 0.422 bits per heavy atom. The SMILES string of the molecule is CCCCN(CCCC)C(=O)COC1CC(OCC(=O)N(CCCC)CCCC)CC(OCC(=O)N(CCCC)CCCC)C1. The minimum atomic E-state index is -0.241. The Hall–Kier alpha value is -1.71. The quantitative estimate of drug-likeness (QED) is 0.101. The van der Waals surface area contributed by atoms with Crippen molar-refractivity contribution in [1.29, 1.82) is 0 Å². The zero-order chi connectivity index (χ0) is 33.3. The molecule has 0 N–H and O–H groups in total. The highest BCUT2D eigenvalue weighted by Crippen LogP contribution is 2.27. The van der Waals surface area contributed by atoms with Gasteiger partial charge in [0.2, 0.25) is 17.7 Å². The summed E-state index contributed by atoms with van der Waals surface area (Å²) in [7, 11) is 0. The molecule has 3 amide bonds. The number of rotatable bonds is 27. The van der Waals surface area contributed by atoms with Crippen molar-refractivity contribution in [2.45, 2.75) is 156 Å². The van der Waals surface area contributed by atoms with E-state index < -0.39 is 0 Å². The Balaban J connectivity index is 2.91. The second-order valence-corrected chi connectivity index (χ2v) is 12.8. The maximum Gasteiger partial charge on any atom is 0.248 e. The van der Waals surface area contributed by atoms with Gasteiger partial charge < -0.3 is 28.9 Å². The first-order valence-electron chi connectivity index (χ1n) is 18.5. The molecule has 0 bridgehead atoms. The van der Waals surface area contributed by atoms with Crippen LogP contribution >= 0.6 is 0 Å². The van der Waals surface area contributed by atoms with Gasteiger partial charge in [-0.3, -0.25) is 14.4 Å². The van der Waals surface area contributed by atoms with Crippen molar-refractivity contribution in [3.05, 3.63) is 0 Å². The molecule has 1 saturated carbocycles. The normalized spacial score (nSPS) is 18.1. The fourth-order valence-electron chi connectivity index (χ4n) is 5.60. The molecule has 0 aromatic heterocycles. The van der Waals surface area contributed by atoms with Crippen LogP contribution in [0.5, 0.6) is 0 Å². The van der Waals surface area contributed by atoms with Crippen molar-refractivity contribution in [3.8, 4) is 0 Å². The lowest BCUT2D eigenvalue weighted by molar-refractivity contribution is -0.152. The molecule has 1 aliphatic rings. The summed E-state index contributed by atoms with van der Waals surface area (Å²) in [6.45, 7) is 17.4. The van der Waals surface area contributed by atoms with Crippen LogP contribution in [0.1, 0.15) is 138 Å². The average Bonchev–Trinajstić information content (AvgIpc) is 3.05. The molecule has 0 heterocycles. The lowest BCUT2D eigenvalue weighted by Crippen LogP contribution is -2.43. The van der Waals surface area contributed by atoms with Crippen molar-refractivity contribution in [2.75, 3.05) is 59.1 Å². The first kappa shape index (κ1) is 41.3. The summed E-state index contributed by atoms with van der Waals surface area (Å²) in [5, 5.41) is 0. The summed E-state index contributed by atoms with van der Waals surface area (Å²) >= 11 is 0. The standard InChI is InChI=1S/C36H69N3O6/c1-7-13-19-37(20-14-8-2)34(40)28-43-31-25-32(44-29-35(41)38(21-15-9-3)22-16-10-4)27-33(26-31)45-30-36(42)39(23-17-11-5)24-18-12-6/h31-33H,7-30H2,1-6H3. The smallest absolute Gasteiger partial charge is 0.248 e. The molecular formula is C36H69N3O6. The van der Waals surface area contributed by atoms with E-state index in [1.165, 1.54) is 0 Å². The number of unbranched alkanes of at least 4 members (excludes halogenated alkanes) is 6. The van der Waals surface area contributed by atoms with E-state index in [4.69, 9.17) is 14.2 Å². The fourth-order valence-corrected chi connectivity index (χ4v) is 5.60. The molecule has 9 heteroatoms. The highest BCUT2D eigenvalue weighted by Gasteiger charge is 2.33. The van der Waals surface area contributed by atoms with Crippen LogP contribution in [0.3, 0.4) is 0 Å². The molecule has 0 aromatic rings. The van der Waals surface area contributed by atoms with Crippen molar-refractivity contribution in [2.24, 2.45) is 0 Å². The van der Waals surface area contributed by atoms with Crippen LogP contribution in [0.15, 0.2) is 0 Å². The van der Waals surface area contributed by atoms with E-state index in [9.17, 15) is 14.4 Å². The maximum absolute atomic E-state index is 13.1. The third-order valence-corrected chi connectivity index (χ3v) is 8.65. The van der Waals surface area contributed by atoms with Crippen molar-refractivity contribution in [1.82, 2.24) is 14.7 Å². The molecule has 45 heavy (non-hydrogen) atoms. The fraction of sp³-hybridized carbons (Fsp3) is 0.917. The second kappa shape index (κ2) is 26.4. The molecule has 0 spiro atoms. The minimum Gasteiger partial charge on any atom is -0.368 e. The predicted octanol–water partition coefficient (Wildman–Crippen LogP) is 6.61. The van der Waals surface area contributed by atoms with Gasteiger partial charge in [0.05, 0.1) is 18.3 Å². The van der Waals surface area contributed by atoms with Crippen LogP contribution < -0.4 is 0 Å². The third-order valence-electron chi connectivity index (χ3n) is 8.65. The maximum atomic E-state index is 13.1. The largest absolute Gasteiger partial charge is 0.368 e. The van der Waals surface area contributed by atoms with Gasteiger partial charge in [0.15, 0.2) is 0 Å². The molecule has 0 radical (unpaired) electrons. The molecule has 0 unspecified atom stereocenters. The van der Waals surface area contributed by atoms with Crippen LogP contribution in [0.2, 0.25) is 0 Å². The van der Waals surface area contributed by atoms with Crippen LogP contribution in [-0.2, 0) is 28.6 Å². The zero-order valence-electron chi connectivity index (χ0n) is 30.0. The molecule has 1 rings (SSSR count). The number of amides is 3. The van der Waals surface area contributed by atoms with Gasteiger partial charge in [-0.2, -0.15) is 0 Å². The van der Waals surface area contributed by atoms with Crippen LogP contribution in [0, 0.1) is 0 Å². The molecular weight excluding hydrogens is 570 g/mol. The average molecular weight is 640 g/mol. The molecule has 0 saturated heterocycles. The number of carbonyl (C=O) groups excluding carboxylic acids is 3. The molecule has 0 atom stereocenters. The predicted molar refractivity (Wildman–Crippen MR) is 182 cm³/mol. The van der Waals surface area contributed by atoms with Gasteiger partial charge >= 0.3 is 0 Å². The first-order valence-corrected chi connectivity index (χ1v) is 18.5. The van der Waals surface area contributed by atoms with E-state index in [0.29, 0.717) is 19.3 Å². The highest BCUT2D eigenvalue weighted by atomic mass is 16.5. The van der Waals surface area contributed by atoms with Crippen LogP contribution in [0.4, 0.5) is 0 Å². The van der Waals surface area contributed by atoms with E-state index in [1.807, 2.05) is 14.7 Å². The van der Waals surface area contributed by atoms with Crippen LogP contribution in [-0.4, -0.2) is 110 Å². The first-order chi connectivity index (χ1) is 21.8. The highest BCUT2D eigenvalue weighted by molar-refractivity contribution is 5.78. The van der Waals surface area contributed by atoms with E-state index in [2.05, 4.69) is 41.5 Å². The monoisotopic (exact) mass is 640 g/mol.